The lowest BCUT2D eigenvalue weighted by Gasteiger charge is -2.16. The lowest BCUT2D eigenvalue weighted by molar-refractivity contribution is 0.108. The van der Waals surface area contributed by atoms with E-state index in [0.29, 0.717) is 0 Å². The Morgan fingerprint density at radius 1 is 1.29 bits per heavy atom. The molecule has 0 aliphatic heterocycles. The first-order chi connectivity index (χ1) is 8.17. The summed E-state index contributed by atoms with van der Waals surface area (Å²) in [5, 5.41) is 0.181. The van der Waals surface area contributed by atoms with Gasteiger partial charge in [0.1, 0.15) is 0 Å². The molecule has 0 saturated carbocycles. The highest BCUT2D eigenvalue weighted by Gasteiger charge is 2.07. The summed E-state index contributed by atoms with van der Waals surface area (Å²) in [5.74, 6) is 0.869. The summed E-state index contributed by atoms with van der Waals surface area (Å²) in [6.07, 6.45) is 0. The van der Waals surface area contributed by atoms with Crippen LogP contribution in [0.25, 0.3) is 0 Å². The van der Waals surface area contributed by atoms with Gasteiger partial charge in [0.15, 0.2) is 0 Å². The van der Waals surface area contributed by atoms with E-state index in [1.165, 1.54) is 11.8 Å². The molecule has 0 atom stereocenters. The SMILES string of the molecule is CCN(CC)CCSC(=O)c1cccc(C)c1. The smallest absolute Gasteiger partial charge is 0.219 e. The van der Waals surface area contributed by atoms with E-state index in [9.17, 15) is 4.79 Å². The minimum absolute atomic E-state index is 0.181. The molecule has 17 heavy (non-hydrogen) atoms. The van der Waals surface area contributed by atoms with Crippen LogP contribution in [-0.4, -0.2) is 35.4 Å². The fourth-order valence-corrected chi connectivity index (χ4v) is 2.49. The third-order valence-corrected chi connectivity index (χ3v) is 3.67. The summed E-state index contributed by atoms with van der Waals surface area (Å²) in [4.78, 5) is 14.2. The summed E-state index contributed by atoms with van der Waals surface area (Å²) in [5.41, 5.74) is 1.95. The van der Waals surface area contributed by atoms with E-state index in [1.807, 2.05) is 31.2 Å². The predicted molar refractivity (Wildman–Crippen MR) is 75.8 cm³/mol. The molecule has 3 heteroatoms. The Bertz CT molecular complexity index is 361. The number of carbonyl (C=O) groups excluding carboxylic acids is 1. The van der Waals surface area contributed by atoms with Gasteiger partial charge < -0.3 is 4.90 Å². The second-order valence-electron chi connectivity index (χ2n) is 4.03. The van der Waals surface area contributed by atoms with Crippen LogP contribution >= 0.6 is 11.8 Å². The molecular weight excluding hydrogens is 230 g/mol. The number of hydrogen-bond donors (Lipinski definition) is 0. The zero-order valence-corrected chi connectivity index (χ0v) is 11.7. The van der Waals surface area contributed by atoms with Gasteiger partial charge in [-0.25, -0.2) is 0 Å². The second-order valence-corrected chi connectivity index (χ2v) is 5.10. The van der Waals surface area contributed by atoms with Crippen LogP contribution in [0, 0.1) is 6.92 Å². The van der Waals surface area contributed by atoms with Crippen molar-refractivity contribution in [3.63, 3.8) is 0 Å². The third kappa shape index (κ3) is 4.92. The van der Waals surface area contributed by atoms with Gasteiger partial charge in [-0.1, -0.05) is 49.4 Å². The largest absolute Gasteiger partial charge is 0.303 e. The van der Waals surface area contributed by atoms with Gasteiger partial charge in [-0.3, -0.25) is 4.79 Å². The molecule has 0 unspecified atom stereocenters. The Hall–Kier alpha value is -0.800. The standard InChI is InChI=1S/C14H21NOS/c1-4-15(5-2)9-10-17-14(16)13-8-6-7-12(3)11-13/h6-8,11H,4-5,9-10H2,1-3H3. The lowest BCUT2D eigenvalue weighted by Crippen LogP contribution is -2.25. The van der Waals surface area contributed by atoms with Crippen LogP contribution in [0.3, 0.4) is 0 Å². The highest BCUT2D eigenvalue weighted by atomic mass is 32.2. The lowest BCUT2D eigenvalue weighted by atomic mass is 10.2. The highest BCUT2D eigenvalue weighted by molar-refractivity contribution is 8.14. The van der Waals surface area contributed by atoms with Gasteiger partial charge in [0.05, 0.1) is 0 Å². The maximum atomic E-state index is 11.9. The minimum atomic E-state index is 0.181. The Morgan fingerprint density at radius 3 is 2.59 bits per heavy atom. The maximum absolute atomic E-state index is 11.9. The molecule has 1 aromatic carbocycles. The van der Waals surface area contributed by atoms with Crippen molar-refractivity contribution in [2.75, 3.05) is 25.4 Å². The van der Waals surface area contributed by atoms with E-state index in [4.69, 9.17) is 0 Å². The summed E-state index contributed by atoms with van der Waals surface area (Å²) >= 11 is 1.42. The predicted octanol–water partition coefficient (Wildman–Crippen LogP) is 3.21. The van der Waals surface area contributed by atoms with Crippen molar-refractivity contribution in [1.82, 2.24) is 4.90 Å². The van der Waals surface area contributed by atoms with Crippen molar-refractivity contribution in [2.24, 2.45) is 0 Å². The zero-order chi connectivity index (χ0) is 12.7. The maximum Gasteiger partial charge on any atom is 0.219 e. The van der Waals surface area contributed by atoms with Gasteiger partial charge in [-0.2, -0.15) is 0 Å². The van der Waals surface area contributed by atoms with Crippen molar-refractivity contribution < 1.29 is 4.79 Å². The molecule has 0 N–H and O–H groups in total. The van der Waals surface area contributed by atoms with E-state index in [1.54, 1.807) is 0 Å². The van der Waals surface area contributed by atoms with Crippen LogP contribution < -0.4 is 0 Å². The molecular formula is C14H21NOS. The Balaban J connectivity index is 2.40. The van der Waals surface area contributed by atoms with Gasteiger partial charge in [0.2, 0.25) is 5.12 Å². The normalized spacial score (nSPS) is 10.8. The molecule has 0 spiro atoms. The molecule has 1 aromatic rings. The van der Waals surface area contributed by atoms with Crippen molar-refractivity contribution in [3.8, 4) is 0 Å². The second kappa shape index (κ2) is 7.51. The number of benzene rings is 1. The molecule has 0 saturated heterocycles. The summed E-state index contributed by atoms with van der Waals surface area (Å²) < 4.78 is 0. The highest BCUT2D eigenvalue weighted by Crippen LogP contribution is 2.13. The molecule has 94 valence electrons. The first-order valence-electron chi connectivity index (χ1n) is 6.13. The van der Waals surface area contributed by atoms with Crippen LogP contribution in [-0.2, 0) is 0 Å². The molecule has 0 fully saturated rings. The van der Waals surface area contributed by atoms with Crippen molar-refractivity contribution >= 4 is 16.9 Å². The van der Waals surface area contributed by atoms with E-state index >= 15 is 0 Å². The number of aryl methyl sites for hydroxylation is 1. The van der Waals surface area contributed by atoms with Crippen LogP contribution in [0.15, 0.2) is 24.3 Å². The summed E-state index contributed by atoms with van der Waals surface area (Å²) in [6.45, 7) is 9.39. The Kier molecular flexibility index (Phi) is 6.30. The van der Waals surface area contributed by atoms with Crippen LogP contribution in [0.1, 0.15) is 29.8 Å². The Labute approximate surface area is 108 Å². The summed E-state index contributed by atoms with van der Waals surface area (Å²) in [7, 11) is 0. The number of nitrogens with zero attached hydrogens (tertiary/aromatic N) is 1. The molecule has 0 radical (unpaired) electrons. The average molecular weight is 251 g/mol. The van der Waals surface area contributed by atoms with E-state index in [0.717, 1.165) is 36.5 Å². The molecule has 0 bridgehead atoms. The van der Waals surface area contributed by atoms with Crippen LogP contribution in [0.2, 0.25) is 0 Å². The van der Waals surface area contributed by atoms with E-state index in [2.05, 4.69) is 18.7 Å². The minimum Gasteiger partial charge on any atom is -0.303 e. The van der Waals surface area contributed by atoms with Crippen LogP contribution in [0.5, 0.6) is 0 Å². The van der Waals surface area contributed by atoms with Crippen molar-refractivity contribution in [2.45, 2.75) is 20.8 Å². The molecule has 0 aromatic heterocycles. The molecule has 2 nitrogen and oxygen atoms in total. The topological polar surface area (TPSA) is 20.3 Å². The molecule has 0 heterocycles. The Morgan fingerprint density at radius 2 is 2.00 bits per heavy atom. The van der Waals surface area contributed by atoms with E-state index in [-0.39, 0.29) is 5.12 Å². The van der Waals surface area contributed by atoms with Gasteiger partial charge in [-0.15, -0.1) is 0 Å². The van der Waals surface area contributed by atoms with Crippen LogP contribution in [0.4, 0.5) is 0 Å². The molecule has 0 amide bonds. The monoisotopic (exact) mass is 251 g/mol. The van der Waals surface area contributed by atoms with Gasteiger partial charge in [0.25, 0.3) is 0 Å². The van der Waals surface area contributed by atoms with Gasteiger partial charge >= 0.3 is 0 Å². The zero-order valence-electron chi connectivity index (χ0n) is 10.9. The number of thioether (sulfide) groups is 1. The summed E-state index contributed by atoms with van der Waals surface area (Å²) in [6, 6.07) is 7.79. The molecule has 1 rings (SSSR count). The first kappa shape index (κ1) is 14.3. The van der Waals surface area contributed by atoms with Crippen molar-refractivity contribution in [3.05, 3.63) is 35.4 Å². The number of carbonyl (C=O) groups is 1. The van der Waals surface area contributed by atoms with Crippen molar-refractivity contribution in [1.29, 1.82) is 0 Å². The average Bonchev–Trinajstić information content (AvgIpc) is 2.34. The molecule has 0 aliphatic carbocycles. The molecule has 0 aliphatic rings. The number of hydrogen-bond acceptors (Lipinski definition) is 3. The first-order valence-corrected chi connectivity index (χ1v) is 7.12. The fourth-order valence-electron chi connectivity index (χ4n) is 1.66. The van der Waals surface area contributed by atoms with Gasteiger partial charge in [0, 0.05) is 17.9 Å². The fraction of sp³-hybridized carbons (Fsp3) is 0.500. The third-order valence-electron chi connectivity index (χ3n) is 2.79. The van der Waals surface area contributed by atoms with E-state index < -0.39 is 0 Å². The van der Waals surface area contributed by atoms with Gasteiger partial charge in [-0.05, 0) is 26.1 Å². The number of rotatable bonds is 6. The quantitative estimate of drug-likeness (QED) is 0.774.